The Balaban J connectivity index is 2.10. The van der Waals surface area contributed by atoms with Gasteiger partial charge in [-0.3, -0.25) is 14.4 Å². The van der Waals surface area contributed by atoms with Gasteiger partial charge in [-0.1, -0.05) is 13.8 Å². The summed E-state index contributed by atoms with van der Waals surface area (Å²) in [5.41, 5.74) is 0.703. The minimum atomic E-state index is -1.05. The van der Waals surface area contributed by atoms with Gasteiger partial charge in [-0.2, -0.15) is 0 Å². The first-order chi connectivity index (χ1) is 11.8. The van der Waals surface area contributed by atoms with Crippen molar-refractivity contribution >= 4 is 23.5 Å². The normalized spacial score (nSPS) is 17.0. The standard InChI is InChI=1S/C18H24N2O5/c1-12(2)9-19(11-17(22)23)18(24)13-8-16(21)20(10-13)14-4-6-15(25-3)7-5-14/h4-7,12-13H,8-11H2,1-3H3,(H,22,23). The summed E-state index contributed by atoms with van der Waals surface area (Å²) in [7, 11) is 1.57. The third-order valence-electron chi connectivity index (χ3n) is 4.08. The predicted molar refractivity (Wildman–Crippen MR) is 92.5 cm³/mol. The molecule has 1 heterocycles. The van der Waals surface area contributed by atoms with Crippen LogP contribution in [0.3, 0.4) is 0 Å². The van der Waals surface area contributed by atoms with Gasteiger partial charge in [-0.25, -0.2) is 0 Å². The highest BCUT2D eigenvalue weighted by molar-refractivity contribution is 6.00. The second-order valence-electron chi connectivity index (χ2n) is 6.61. The maximum absolute atomic E-state index is 12.7. The number of nitrogens with zero attached hydrogens (tertiary/aromatic N) is 2. The van der Waals surface area contributed by atoms with E-state index in [-0.39, 0.29) is 37.2 Å². The first-order valence-corrected chi connectivity index (χ1v) is 8.26. The van der Waals surface area contributed by atoms with Gasteiger partial charge in [-0.05, 0) is 30.2 Å². The SMILES string of the molecule is COc1ccc(N2CC(C(=O)N(CC(=O)O)CC(C)C)CC2=O)cc1. The molecule has 25 heavy (non-hydrogen) atoms. The number of hydrogen-bond donors (Lipinski definition) is 1. The van der Waals surface area contributed by atoms with Crippen LogP contribution in [0.1, 0.15) is 20.3 Å². The van der Waals surface area contributed by atoms with Crippen LogP contribution >= 0.6 is 0 Å². The number of aliphatic carboxylic acids is 1. The number of carbonyl (C=O) groups excluding carboxylic acids is 2. The molecule has 1 fully saturated rings. The van der Waals surface area contributed by atoms with E-state index in [2.05, 4.69) is 0 Å². The smallest absolute Gasteiger partial charge is 0.323 e. The third-order valence-corrected chi connectivity index (χ3v) is 4.08. The highest BCUT2D eigenvalue weighted by Gasteiger charge is 2.37. The van der Waals surface area contributed by atoms with E-state index in [1.54, 1.807) is 36.3 Å². The Morgan fingerprint density at radius 2 is 1.96 bits per heavy atom. The molecule has 2 rings (SSSR count). The van der Waals surface area contributed by atoms with E-state index in [1.165, 1.54) is 4.90 Å². The van der Waals surface area contributed by atoms with Gasteiger partial charge in [0.25, 0.3) is 0 Å². The van der Waals surface area contributed by atoms with Crippen LogP contribution in [0.15, 0.2) is 24.3 Å². The Kier molecular flexibility index (Phi) is 6.01. The summed E-state index contributed by atoms with van der Waals surface area (Å²) in [6, 6.07) is 7.06. The minimum absolute atomic E-state index is 0.0963. The van der Waals surface area contributed by atoms with E-state index in [0.29, 0.717) is 18.0 Å². The Hall–Kier alpha value is -2.57. The number of anilines is 1. The van der Waals surface area contributed by atoms with Gasteiger partial charge in [0.05, 0.1) is 13.0 Å². The fourth-order valence-corrected chi connectivity index (χ4v) is 2.98. The first kappa shape index (κ1) is 18.8. The number of hydrogen-bond acceptors (Lipinski definition) is 4. The van der Waals surface area contributed by atoms with Gasteiger partial charge < -0.3 is 19.6 Å². The molecule has 2 amide bonds. The molecule has 1 atom stereocenters. The van der Waals surface area contributed by atoms with Gasteiger partial charge >= 0.3 is 5.97 Å². The summed E-state index contributed by atoms with van der Waals surface area (Å²) in [4.78, 5) is 39.0. The lowest BCUT2D eigenvalue weighted by molar-refractivity contribution is -0.146. The lowest BCUT2D eigenvalue weighted by atomic mass is 10.1. The van der Waals surface area contributed by atoms with E-state index >= 15 is 0 Å². The number of methoxy groups -OCH3 is 1. The van der Waals surface area contributed by atoms with Crippen LogP contribution in [-0.2, 0) is 14.4 Å². The van der Waals surface area contributed by atoms with Gasteiger partial charge in [0.1, 0.15) is 12.3 Å². The average Bonchev–Trinajstić information content (AvgIpc) is 2.94. The number of ether oxygens (including phenoxy) is 1. The van der Waals surface area contributed by atoms with Crippen molar-refractivity contribution < 1.29 is 24.2 Å². The molecule has 1 aliphatic heterocycles. The van der Waals surface area contributed by atoms with Crippen molar-refractivity contribution in [2.24, 2.45) is 11.8 Å². The molecule has 0 saturated carbocycles. The van der Waals surface area contributed by atoms with Crippen molar-refractivity contribution in [1.29, 1.82) is 0 Å². The summed E-state index contributed by atoms with van der Waals surface area (Å²) in [5.74, 6) is -1.15. The Labute approximate surface area is 147 Å². The average molecular weight is 348 g/mol. The zero-order valence-electron chi connectivity index (χ0n) is 14.8. The third kappa shape index (κ3) is 4.71. The Morgan fingerprint density at radius 1 is 1.32 bits per heavy atom. The molecule has 0 aromatic heterocycles. The van der Waals surface area contributed by atoms with Gasteiger partial charge in [0, 0.05) is 25.2 Å². The minimum Gasteiger partial charge on any atom is -0.497 e. The maximum Gasteiger partial charge on any atom is 0.323 e. The van der Waals surface area contributed by atoms with Crippen molar-refractivity contribution in [3.63, 3.8) is 0 Å². The summed E-state index contributed by atoms with van der Waals surface area (Å²) in [5, 5.41) is 9.04. The van der Waals surface area contributed by atoms with Gasteiger partial charge in [-0.15, -0.1) is 0 Å². The van der Waals surface area contributed by atoms with Crippen molar-refractivity contribution in [3.05, 3.63) is 24.3 Å². The van der Waals surface area contributed by atoms with E-state index in [1.807, 2.05) is 13.8 Å². The molecule has 0 radical (unpaired) electrons. The van der Waals surface area contributed by atoms with Crippen LogP contribution < -0.4 is 9.64 Å². The second-order valence-corrected chi connectivity index (χ2v) is 6.61. The van der Waals surface area contributed by atoms with Gasteiger partial charge in [0.15, 0.2) is 0 Å². The number of carbonyl (C=O) groups is 3. The zero-order valence-corrected chi connectivity index (χ0v) is 14.8. The number of carboxylic acids is 1. The molecule has 136 valence electrons. The Bertz CT molecular complexity index is 641. The zero-order chi connectivity index (χ0) is 18.6. The fourth-order valence-electron chi connectivity index (χ4n) is 2.98. The van der Waals surface area contributed by atoms with Crippen molar-refractivity contribution in [2.45, 2.75) is 20.3 Å². The van der Waals surface area contributed by atoms with Crippen LogP contribution in [0.2, 0.25) is 0 Å². The fraction of sp³-hybridized carbons (Fsp3) is 0.500. The molecule has 0 bridgehead atoms. The Morgan fingerprint density at radius 3 is 2.48 bits per heavy atom. The van der Waals surface area contributed by atoms with Crippen LogP contribution in [-0.4, -0.2) is 54.5 Å². The largest absolute Gasteiger partial charge is 0.497 e. The number of benzene rings is 1. The molecule has 1 saturated heterocycles. The molecule has 7 nitrogen and oxygen atoms in total. The molecule has 1 N–H and O–H groups in total. The van der Waals surface area contributed by atoms with Crippen LogP contribution in [0, 0.1) is 11.8 Å². The molecule has 0 aliphatic carbocycles. The predicted octanol–water partition coefficient (Wildman–Crippen LogP) is 1.62. The number of rotatable bonds is 7. The summed E-state index contributed by atoms with van der Waals surface area (Å²) in [6.45, 7) is 4.12. The van der Waals surface area contributed by atoms with Crippen molar-refractivity contribution in [2.75, 3.05) is 31.6 Å². The van der Waals surface area contributed by atoms with E-state index in [4.69, 9.17) is 9.84 Å². The molecule has 7 heteroatoms. The topological polar surface area (TPSA) is 87.2 Å². The number of carboxylic acid groups (broad SMARTS) is 1. The molecule has 1 aromatic rings. The highest BCUT2D eigenvalue weighted by Crippen LogP contribution is 2.28. The van der Waals surface area contributed by atoms with Crippen LogP contribution in [0.25, 0.3) is 0 Å². The molecule has 1 unspecified atom stereocenters. The molecular weight excluding hydrogens is 324 g/mol. The van der Waals surface area contributed by atoms with Crippen LogP contribution in [0.5, 0.6) is 5.75 Å². The monoisotopic (exact) mass is 348 g/mol. The summed E-state index contributed by atoms with van der Waals surface area (Å²) >= 11 is 0. The lowest BCUT2D eigenvalue weighted by Gasteiger charge is -2.25. The van der Waals surface area contributed by atoms with Crippen LogP contribution in [0.4, 0.5) is 5.69 Å². The van der Waals surface area contributed by atoms with Crippen molar-refractivity contribution in [3.8, 4) is 5.75 Å². The molecular formula is C18H24N2O5. The summed E-state index contributed by atoms with van der Waals surface area (Å²) < 4.78 is 5.10. The molecule has 0 spiro atoms. The van der Waals surface area contributed by atoms with E-state index in [9.17, 15) is 14.4 Å². The number of amides is 2. The van der Waals surface area contributed by atoms with Gasteiger partial charge in [0.2, 0.25) is 11.8 Å². The molecule has 1 aliphatic rings. The van der Waals surface area contributed by atoms with Crippen molar-refractivity contribution in [1.82, 2.24) is 4.90 Å². The summed E-state index contributed by atoms with van der Waals surface area (Å²) in [6.07, 6.45) is 0.0963. The lowest BCUT2D eigenvalue weighted by Crippen LogP contribution is -2.42. The first-order valence-electron chi connectivity index (χ1n) is 8.26. The van der Waals surface area contributed by atoms with E-state index in [0.717, 1.165) is 0 Å². The second kappa shape index (κ2) is 8.00. The maximum atomic E-state index is 12.7. The van der Waals surface area contributed by atoms with E-state index < -0.39 is 11.9 Å². The highest BCUT2D eigenvalue weighted by atomic mass is 16.5. The quantitative estimate of drug-likeness (QED) is 0.809. The molecule has 1 aromatic carbocycles.